The Morgan fingerprint density at radius 1 is 0.727 bits per heavy atom. The first-order valence-electron chi connectivity index (χ1n) is 13.4. The number of fused-ring (bicyclic) bond motifs is 3. The first-order valence-corrected chi connectivity index (χ1v) is 14.5. The highest BCUT2D eigenvalue weighted by molar-refractivity contribution is 9.09. The number of rotatable bonds is 7. The topological polar surface area (TPSA) is 138 Å². The molecule has 3 N–H and O–H groups in total. The van der Waals surface area contributed by atoms with E-state index in [0.29, 0.717) is 6.54 Å². The molecule has 0 bridgehead atoms. The van der Waals surface area contributed by atoms with Crippen molar-refractivity contribution in [2.45, 2.75) is 13.1 Å². The molecule has 0 aliphatic rings. The Labute approximate surface area is 262 Å². The predicted octanol–water partition coefficient (Wildman–Crippen LogP) is 8.79. The van der Waals surface area contributed by atoms with Gasteiger partial charge < -0.3 is 19.9 Å². The van der Waals surface area contributed by atoms with Gasteiger partial charge in [0.15, 0.2) is 0 Å². The number of nitrogen functional groups attached to an aromatic ring is 1. The summed E-state index contributed by atoms with van der Waals surface area (Å²) in [7, 11) is 0. The largest absolute Gasteiger partial charge is 0.399 e. The van der Waals surface area contributed by atoms with E-state index in [1.165, 1.54) is 23.0 Å². The van der Waals surface area contributed by atoms with Gasteiger partial charge in [0.1, 0.15) is 0 Å². The number of alkyl halides is 1. The summed E-state index contributed by atoms with van der Waals surface area (Å²) < 4.78 is 4.13. The molecule has 0 fully saturated rings. The number of aromatic nitrogens is 3. The zero-order valence-electron chi connectivity index (χ0n) is 24.0. The lowest BCUT2D eigenvalue weighted by atomic mass is 10.2. The highest BCUT2D eigenvalue weighted by Gasteiger charge is 2.08. The number of nitrogens with zero attached hydrogens (tertiary/aromatic N) is 4. The molecule has 0 aliphatic heterocycles. The number of halogens is 1. The fourth-order valence-corrected chi connectivity index (χ4v) is 4.27. The molecular weight excluding hydrogens is 624 g/mol. The van der Waals surface area contributed by atoms with E-state index in [1.54, 1.807) is 42.6 Å². The van der Waals surface area contributed by atoms with Crippen LogP contribution in [0.3, 0.4) is 0 Å². The third kappa shape index (κ3) is 8.79. The van der Waals surface area contributed by atoms with Crippen LogP contribution in [0, 0.1) is 20.2 Å². The zero-order chi connectivity index (χ0) is 32.1. The molecule has 6 aromatic rings. The van der Waals surface area contributed by atoms with Crippen molar-refractivity contribution >= 4 is 65.7 Å². The highest BCUT2D eigenvalue weighted by atomic mass is 79.9. The first-order chi connectivity index (χ1) is 21.2. The number of aromatic amines is 1. The van der Waals surface area contributed by atoms with Gasteiger partial charge in [-0.2, -0.15) is 0 Å². The molecular formula is C33H33BrN6O4. The van der Waals surface area contributed by atoms with Crippen molar-refractivity contribution in [1.82, 2.24) is 14.1 Å². The zero-order valence-corrected chi connectivity index (χ0v) is 25.6. The number of allylic oxidation sites excluding steroid dienone is 3. The molecule has 11 heteroatoms. The second-order valence-corrected chi connectivity index (χ2v) is 9.93. The number of nitrogens with two attached hydrogens (primary N) is 1. The molecule has 0 aliphatic carbocycles. The lowest BCUT2D eigenvalue weighted by molar-refractivity contribution is -0.384. The third-order valence-electron chi connectivity index (χ3n) is 6.27. The van der Waals surface area contributed by atoms with E-state index in [4.69, 9.17) is 5.73 Å². The minimum Gasteiger partial charge on any atom is -0.399 e. The maximum atomic E-state index is 10.6. The monoisotopic (exact) mass is 656 g/mol. The number of hydrogen-bond donors (Lipinski definition) is 2. The minimum absolute atomic E-state index is 0.124. The molecule has 3 aromatic heterocycles. The average Bonchev–Trinajstić information content (AvgIpc) is 3.76. The molecule has 3 aromatic carbocycles. The summed E-state index contributed by atoms with van der Waals surface area (Å²) in [5, 5.41) is 24.7. The highest BCUT2D eigenvalue weighted by Crippen LogP contribution is 2.22. The van der Waals surface area contributed by atoms with Gasteiger partial charge in [0, 0.05) is 99.7 Å². The van der Waals surface area contributed by atoms with E-state index < -0.39 is 4.92 Å². The van der Waals surface area contributed by atoms with Gasteiger partial charge in [-0.05, 0) is 48.5 Å². The summed E-state index contributed by atoms with van der Waals surface area (Å²) in [5.41, 5.74) is 9.84. The predicted molar refractivity (Wildman–Crippen MR) is 184 cm³/mol. The SMILES string of the molecule is C=CCBr.C=CCn1ccc2cc(N)ccc21.C=CCn1ccc2cc([N+](=O)[O-])ccc21.O=[N+]([O-])c1ccc2[nH]ccc2c1. The van der Waals surface area contributed by atoms with Crippen molar-refractivity contribution in [3.63, 3.8) is 0 Å². The van der Waals surface area contributed by atoms with Crippen molar-refractivity contribution in [2.24, 2.45) is 0 Å². The molecule has 0 unspecified atom stereocenters. The van der Waals surface area contributed by atoms with Gasteiger partial charge in [-0.3, -0.25) is 20.2 Å². The van der Waals surface area contributed by atoms with E-state index >= 15 is 0 Å². The minimum atomic E-state index is -0.396. The number of nitrogens with one attached hydrogen (secondary N) is 1. The second-order valence-electron chi connectivity index (χ2n) is 9.28. The summed E-state index contributed by atoms with van der Waals surface area (Å²) in [5.74, 6) is 0. The second kappa shape index (κ2) is 16.3. The smallest absolute Gasteiger partial charge is 0.270 e. The molecule has 0 saturated heterocycles. The van der Waals surface area contributed by atoms with Crippen LogP contribution in [0.4, 0.5) is 17.1 Å². The van der Waals surface area contributed by atoms with Crippen molar-refractivity contribution < 1.29 is 9.85 Å². The Kier molecular flexibility index (Phi) is 12.2. The Bertz CT molecular complexity index is 1900. The number of anilines is 1. The summed E-state index contributed by atoms with van der Waals surface area (Å²) >= 11 is 3.13. The molecule has 0 spiro atoms. The van der Waals surface area contributed by atoms with Crippen LogP contribution in [0.5, 0.6) is 0 Å². The molecule has 226 valence electrons. The lowest BCUT2D eigenvalue weighted by Crippen LogP contribution is -1.92. The molecule has 10 nitrogen and oxygen atoms in total. The summed E-state index contributed by atoms with van der Waals surface area (Å²) in [6, 6.07) is 21.3. The van der Waals surface area contributed by atoms with Crippen LogP contribution in [0.25, 0.3) is 32.7 Å². The van der Waals surface area contributed by atoms with Crippen molar-refractivity contribution in [3.8, 4) is 0 Å². The maximum absolute atomic E-state index is 10.6. The maximum Gasteiger partial charge on any atom is 0.270 e. The van der Waals surface area contributed by atoms with E-state index in [9.17, 15) is 20.2 Å². The molecule has 3 heterocycles. The molecule has 44 heavy (non-hydrogen) atoms. The van der Waals surface area contributed by atoms with E-state index in [0.717, 1.165) is 39.4 Å². The Balaban J connectivity index is 0.000000171. The lowest BCUT2D eigenvalue weighted by Gasteiger charge is -2.00. The molecule has 0 amide bonds. The van der Waals surface area contributed by atoms with Gasteiger partial charge in [-0.25, -0.2) is 0 Å². The van der Waals surface area contributed by atoms with Crippen LogP contribution in [0.1, 0.15) is 0 Å². The number of H-pyrrole nitrogens is 1. The Hall–Kier alpha value is -5.42. The third-order valence-corrected chi connectivity index (χ3v) is 6.73. The van der Waals surface area contributed by atoms with E-state index in [-0.39, 0.29) is 16.3 Å². The fourth-order valence-electron chi connectivity index (χ4n) is 4.27. The molecule has 0 saturated carbocycles. The first kappa shape index (κ1) is 33.1. The molecule has 0 radical (unpaired) electrons. The van der Waals surface area contributed by atoms with Crippen molar-refractivity contribution in [1.29, 1.82) is 0 Å². The van der Waals surface area contributed by atoms with Gasteiger partial charge in [0.2, 0.25) is 0 Å². The standard InChI is InChI=1S/C11H10N2O2.C11H12N2.C8H6N2O2.C3H5Br/c1-2-6-12-7-5-9-8-10(13(14)15)3-4-11(9)12;1-2-6-13-7-5-9-8-10(12)3-4-11(9)13;11-10(12)7-1-2-8-6(5-7)3-4-9-8;1-2-3-4/h2-5,7-8H,1,6H2;2-5,7-8H,1,6,12H2;1-5,9H;2H,1,3H2. The Morgan fingerprint density at radius 2 is 1.23 bits per heavy atom. The van der Waals surface area contributed by atoms with Crippen LogP contribution in [-0.2, 0) is 13.1 Å². The molecule has 0 atom stereocenters. The van der Waals surface area contributed by atoms with Crippen molar-refractivity contribution in [3.05, 3.63) is 150 Å². The number of nitro groups is 2. The van der Waals surface area contributed by atoms with Crippen LogP contribution >= 0.6 is 15.9 Å². The van der Waals surface area contributed by atoms with E-state index in [1.807, 2.05) is 53.4 Å². The van der Waals surface area contributed by atoms with Crippen LogP contribution in [0.2, 0.25) is 0 Å². The van der Waals surface area contributed by atoms with Crippen LogP contribution in [-0.4, -0.2) is 29.3 Å². The van der Waals surface area contributed by atoms with Crippen LogP contribution < -0.4 is 5.73 Å². The van der Waals surface area contributed by atoms with Crippen molar-refractivity contribution in [2.75, 3.05) is 11.1 Å². The van der Waals surface area contributed by atoms with Crippen LogP contribution in [0.15, 0.2) is 129 Å². The summed E-state index contributed by atoms with van der Waals surface area (Å²) in [4.78, 5) is 23.1. The normalized spacial score (nSPS) is 10.0. The van der Waals surface area contributed by atoms with Gasteiger partial charge >= 0.3 is 0 Å². The molecule has 6 rings (SSSR count). The number of hydrogen-bond acceptors (Lipinski definition) is 5. The van der Waals surface area contributed by atoms with Gasteiger partial charge in [0.05, 0.1) is 9.85 Å². The Morgan fingerprint density at radius 3 is 1.75 bits per heavy atom. The summed E-state index contributed by atoms with van der Waals surface area (Å²) in [6.07, 6.45) is 11.2. The van der Waals surface area contributed by atoms with Gasteiger partial charge in [-0.15, -0.1) is 19.7 Å². The van der Waals surface area contributed by atoms with E-state index in [2.05, 4.69) is 51.3 Å². The number of nitro benzene ring substituents is 2. The summed E-state index contributed by atoms with van der Waals surface area (Å²) in [6.45, 7) is 12.4. The fraction of sp³-hybridized carbons (Fsp3) is 0.0909. The number of non-ortho nitro benzene ring substituents is 2. The average molecular weight is 658 g/mol. The quantitative estimate of drug-likeness (QED) is 0.0581. The number of benzene rings is 3. The van der Waals surface area contributed by atoms with Gasteiger partial charge in [0.25, 0.3) is 11.4 Å². The van der Waals surface area contributed by atoms with Gasteiger partial charge in [-0.1, -0.05) is 34.2 Å².